The minimum absolute atomic E-state index is 0.0438. The number of aliphatic hydroxyl groups excluding tert-OH is 1. The van der Waals surface area contributed by atoms with Crippen LogP contribution in [0.5, 0.6) is 23.0 Å². The number of aliphatic hydroxyl groups is 1. The predicted molar refractivity (Wildman–Crippen MR) is 166 cm³/mol. The van der Waals surface area contributed by atoms with E-state index in [0.29, 0.717) is 36.2 Å². The molecule has 42 heavy (non-hydrogen) atoms. The van der Waals surface area contributed by atoms with Crippen LogP contribution in [0.15, 0.2) is 127 Å². The average molecular weight is 561 g/mol. The van der Waals surface area contributed by atoms with E-state index >= 15 is 0 Å². The van der Waals surface area contributed by atoms with Crippen LogP contribution in [0.4, 0.5) is 0 Å². The van der Waals surface area contributed by atoms with Gasteiger partial charge in [0.15, 0.2) is 23.0 Å². The van der Waals surface area contributed by atoms with E-state index in [1.165, 1.54) is 0 Å². The van der Waals surface area contributed by atoms with Crippen molar-refractivity contribution in [2.75, 3.05) is 20.8 Å². The molecule has 5 heteroatoms. The topological polar surface area (TPSA) is 57.2 Å². The van der Waals surface area contributed by atoms with E-state index in [4.69, 9.17) is 18.9 Å². The van der Waals surface area contributed by atoms with Crippen LogP contribution in [0, 0.1) is 0 Å². The monoisotopic (exact) mass is 560 g/mol. The van der Waals surface area contributed by atoms with Crippen molar-refractivity contribution in [1.29, 1.82) is 0 Å². The molecule has 0 saturated heterocycles. The maximum Gasteiger partial charge on any atom is 0.161 e. The second-order valence-corrected chi connectivity index (χ2v) is 10.0. The lowest BCUT2D eigenvalue weighted by Crippen LogP contribution is -2.17. The van der Waals surface area contributed by atoms with Crippen LogP contribution in [-0.4, -0.2) is 25.9 Å². The van der Waals surface area contributed by atoms with Crippen LogP contribution in [0.3, 0.4) is 0 Å². The third-order valence-corrected chi connectivity index (χ3v) is 7.39. The number of hydrogen-bond donors (Lipinski definition) is 1. The zero-order valence-electron chi connectivity index (χ0n) is 24.0. The van der Waals surface area contributed by atoms with Crippen molar-refractivity contribution in [2.24, 2.45) is 0 Å². The first-order valence-electron chi connectivity index (χ1n) is 14.0. The Kier molecular flexibility index (Phi) is 9.76. The SMILES string of the molecule is COc1cc(C(c2ccc(OCc3ccccc3)c(OC)c2)C(CO)c2ccccc2)ccc1OCc1ccccc1. The van der Waals surface area contributed by atoms with E-state index in [0.717, 1.165) is 27.8 Å². The summed E-state index contributed by atoms with van der Waals surface area (Å²) in [6.07, 6.45) is 0. The van der Waals surface area contributed by atoms with Gasteiger partial charge in [-0.25, -0.2) is 0 Å². The highest BCUT2D eigenvalue weighted by atomic mass is 16.5. The summed E-state index contributed by atoms with van der Waals surface area (Å²) >= 11 is 0. The lowest BCUT2D eigenvalue weighted by atomic mass is 9.77. The highest BCUT2D eigenvalue weighted by molar-refractivity contribution is 5.51. The van der Waals surface area contributed by atoms with Gasteiger partial charge in [0.1, 0.15) is 13.2 Å². The molecule has 0 aromatic heterocycles. The summed E-state index contributed by atoms with van der Waals surface area (Å²) in [7, 11) is 3.29. The standard InChI is InChI=1S/C37H36O5/c1-39-35-22-30(18-20-33(35)41-25-27-12-6-3-7-13-27)37(32(24-38)29-16-10-5-11-17-29)31-19-21-34(36(23-31)40-2)42-26-28-14-8-4-9-15-28/h3-23,32,37-38H,24-26H2,1-2H3. The fraction of sp³-hybridized carbons (Fsp3) is 0.189. The van der Waals surface area contributed by atoms with Gasteiger partial charge in [0.2, 0.25) is 0 Å². The van der Waals surface area contributed by atoms with E-state index in [-0.39, 0.29) is 18.4 Å². The molecule has 0 fully saturated rings. The number of hydrogen-bond acceptors (Lipinski definition) is 5. The fourth-order valence-corrected chi connectivity index (χ4v) is 5.22. The molecule has 5 rings (SSSR count). The molecule has 0 bridgehead atoms. The molecule has 1 atom stereocenters. The molecule has 0 heterocycles. The van der Waals surface area contributed by atoms with Crippen molar-refractivity contribution in [1.82, 2.24) is 0 Å². The van der Waals surface area contributed by atoms with E-state index < -0.39 is 0 Å². The van der Waals surface area contributed by atoms with Crippen molar-refractivity contribution in [3.05, 3.63) is 155 Å². The van der Waals surface area contributed by atoms with Crippen LogP contribution < -0.4 is 18.9 Å². The Bertz CT molecular complexity index is 1440. The van der Waals surface area contributed by atoms with Crippen molar-refractivity contribution in [3.63, 3.8) is 0 Å². The highest BCUT2D eigenvalue weighted by Crippen LogP contribution is 2.43. The second kappa shape index (κ2) is 14.2. The van der Waals surface area contributed by atoms with E-state index in [2.05, 4.69) is 12.1 Å². The molecule has 1 unspecified atom stereocenters. The van der Waals surface area contributed by atoms with E-state index in [1.54, 1.807) is 14.2 Å². The molecule has 5 nitrogen and oxygen atoms in total. The highest BCUT2D eigenvalue weighted by Gasteiger charge is 2.28. The first-order valence-corrected chi connectivity index (χ1v) is 14.0. The predicted octanol–water partition coefficient (Wildman–Crippen LogP) is 7.77. The molecule has 214 valence electrons. The molecular weight excluding hydrogens is 524 g/mol. The quantitative estimate of drug-likeness (QED) is 0.159. The van der Waals surface area contributed by atoms with Crippen molar-refractivity contribution < 1.29 is 24.1 Å². The summed E-state index contributed by atoms with van der Waals surface area (Å²) in [5.41, 5.74) is 5.17. The fourth-order valence-electron chi connectivity index (χ4n) is 5.22. The van der Waals surface area contributed by atoms with Crippen LogP contribution in [0.1, 0.15) is 39.7 Å². The molecule has 5 aromatic rings. The van der Waals surface area contributed by atoms with E-state index in [9.17, 15) is 5.11 Å². The molecule has 5 aromatic carbocycles. The molecule has 0 aliphatic heterocycles. The Hall–Kier alpha value is -4.74. The lowest BCUT2D eigenvalue weighted by Gasteiger charge is -2.28. The van der Waals surface area contributed by atoms with Crippen LogP contribution in [0.25, 0.3) is 0 Å². The molecule has 0 saturated carbocycles. The van der Waals surface area contributed by atoms with Gasteiger partial charge in [-0.05, 0) is 52.1 Å². The summed E-state index contributed by atoms with van der Waals surface area (Å²) in [5.74, 6) is 2.16. The van der Waals surface area contributed by atoms with Crippen molar-refractivity contribution in [3.8, 4) is 23.0 Å². The smallest absolute Gasteiger partial charge is 0.161 e. The molecule has 0 aliphatic carbocycles. The first-order chi connectivity index (χ1) is 20.7. The van der Waals surface area contributed by atoms with Crippen LogP contribution in [0.2, 0.25) is 0 Å². The van der Waals surface area contributed by atoms with Crippen molar-refractivity contribution >= 4 is 0 Å². The van der Waals surface area contributed by atoms with Gasteiger partial charge in [-0.3, -0.25) is 0 Å². The van der Waals surface area contributed by atoms with Gasteiger partial charge < -0.3 is 24.1 Å². The minimum atomic E-state index is -0.215. The Balaban J connectivity index is 1.50. The van der Waals surface area contributed by atoms with Gasteiger partial charge in [-0.1, -0.05) is 103 Å². The number of rotatable bonds is 13. The molecule has 0 radical (unpaired) electrons. The normalized spacial score (nSPS) is 11.6. The van der Waals surface area contributed by atoms with Crippen molar-refractivity contribution in [2.45, 2.75) is 25.0 Å². The van der Waals surface area contributed by atoms with Gasteiger partial charge in [0.05, 0.1) is 20.8 Å². The van der Waals surface area contributed by atoms with E-state index in [1.807, 2.05) is 115 Å². The zero-order valence-corrected chi connectivity index (χ0v) is 24.0. The third kappa shape index (κ3) is 6.93. The van der Waals surface area contributed by atoms with Gasteiger partial charge in [0.25, 0.3) is 0 Å². The van der Waals surface area contributed by atoms with Gasteiger partial charge in [-0.2, -0.15) is 0 Å². The van der Waals surface area contributed by atoms with Gasteiger partial charge in [-0.15, -0.1) is 0 Å². The van der Waals surface area contributed by atoms with Crippen LogP contribution in [-0.2, 0) is 13.2 Å². The second-order valence-electron chi connectivity index (χ2n) is 10.0. The lowest BCUT2D eigenvalue weighted by molar-refractivity contribution is 0.254. The molecule has 1 N–H and O–H groups in total. The summed E-state index contributed by atoms with van der Waals surface area (Å²) < 4.78 is 23.8. The molecule has 0 aliphatic rings. The third-order valence-electron chi connectivity index (χ3n) is 7.39. The molecule has 0 spiro atoms. The number of benzene rings is 5. The summed E-state index contributed by atoms with van der Waals surface area (Å²) in [4.78, 5) is 0. The zero-order chi connectivity index (χ0) is 29.1. The Labute approximate surface area is 247 Å². The maximum absolute atomic E-state index is 10.7. The van der Waals surface area contributed by atoms with Gasteiger partial charge >= 0.3 is 0 Å². The summed E-state index contributed by atoms with van der Waals surface area (Å²) in [5, 5.41) is 10.7. The Morgan fingerprint density at radius 3 is 1.33 bits per heavy atom. The first kappa shape index (κ1) is 28.8. The molecular formula is C37H36O5. The Morgan fingerprint density at radius 1 is 0.500 bits per heavy atom. The number of methoxy groups -OCH3 is 2. The number of ether oxygens (including phenoxy) is 4. The molecule has 0 amide bonds. The summed E-state index contributed by atoms with van der Waals surface area (Å²) in [6, 6.07) is 42.1. The Morgan fingerprint density at radius 2 is 0.929 bits per heavy atom. The largest absolute Gasteiger partial charge is 0.493 e. The minimum Gasteiger partial charge on any atom is -0.493 e. The average Bonchev–Trinajstić information content (AvgIpc) is 3.06. The van der Waals surface area contributed by atoms with Gasteiger partial charge in [0, 0.05) is 11.8 Å². The maximum atomic E-state index is 10.7. The van der Waals surface area contributed by atoms with Crippen LogP contribution >= 0.6 is 0 Å². The summed E-state index contributed by atoms with van der Waals surface area (Å²) in [6.45, 7) is 0.827.